The van der Waals surface area contributed by atoms with E-state index in [0.29, 0.717) is 6.04 Å². The van der Waals surface area contributed by atoms with Crippen molar-refractivity contribution in [1.29, 1.82) is 0 Å². The molecular weight excluding hydrogens is 238 g/mol. The van der Waals surface area contributed by atoms with Gasteiger partial charge in [0.2, 0.25) is 0 Å². The lowest BCUT2D eigenvalue weighted by Gasteiger charge is -2.37. The van der Waals surface area contributed by atoms with Gasteiger partial charge in [-0.05, 0) is 26.2 Å². The largest absolute Gasteiger partial charge is 0.492 e. The van der Waals surface area contributed by atoms with Crippen molar-refractivity contribution in [2.24, 2.45) is 0 Å². The number of ether oxygens (including phenoxy) is 1. The first-order valence-electron chi connectivity index (χ1n) is 7.03. The standard InChI is InChI=1S/C15H25N3O/c1-17-9-10-18(2)14(13-17)12-16-8-11-19-15-6-4-3-5-7-15/h3-7,14,16H,8-13H2,1-2H3. The number of nitrogens with one attached hydrogen (secondary N) is 1. The van der Waals surface area contributed by atoms with E-state index in [1.165, 1.54) is 6.54 Å². The maximum atomic E-state index is 5.66. The van der Waals surface area contributed by atoms with Gasteiger partial charge < -0.3 is 15.0 Å². The minimum Gasteiger partial charge on any atom is -0.492 e. The number of hydrogen-bond acceptors (Lipinski definition) is 4. The minimum absolute atomic E-state index is 0.607. The van der Waals surface area contributed by atoms with E-state index >= 15 is 0 Å². The van der Waals surface area contributed by atoms with Crippen molar-refractivity contribution < 1.29 is 4.74 Å². The summed E-state index contributed by atoms with van der Waals surface area (Å²) in [6, 6.07) is 10.6. The quantitative estimate of drug-likeness (QED) is 0.772. The molecule has 1 atom stereocenters. The number of rotatable bonds is 6. The molecular formula is C15H25N3O. The van der Waals surface area contributed by atoms with E-state index in [-0.39, 0.29) is 0 Å². The first kappa shape index (κ1) is 14.3. The summed E-state index contributed by atoms with van der Waals surface area (Å²) in [7, 11) is 4.40. The van der Waals surface area contributed by atoms with E-state index in [1.807, 2.05) is 30.3 Å². The normalized spacial score (nSPS) is 21.5. The third kappa shape index (κ3) is 4.82. The van der Waals surface area contributed by atoms with Crippen molar-refractivity contribution in [3.8, 4) is 5.75 Å². The van der Waals surface area contributed by atoms with Gasteiger partial charge in [-0.3, -0.25) is 4.90 Å². The van der Waals surface area contributed by atoms with Gasteiger partial charge in [0.25, 0.3) is 0 Å². The van der Waals surface area contributed by atoms with Gasteiger partial charge in [0, 0.05) is 38.8 Å². The van der Waals surface area contributed by atoms with Crippen LogP contribution in [0.15, 0.2) is 30.3 Å². The Balaban J connectivity index is 1.59. The molecule has 1 aromatic carbocycles. The maximum absolute atomic E-state index is 5.66. The molecule has 1 fully saturated rings. The van der Waals surface area contributed by atoms with Crippen LogP contribution in [0.5, 0.6) is 5.75 Å². The first-order valence-corrected chi connectivity index (χ1v) is 7.03. The van der Waals surface area contributed by atoms with Gasteiger partial charge in [-0.15, -0.1) is 0 Å². The molecule has 4 heteroatoms. The molecule has 0 radical (unpaired) electrons. The first-order chi connectivity index (χ1) is 9.25. The van der Waals surface area contributed by atoms with Gasteiger partial charge >= 0.3 is 0 Å². The van der Waals surface area contributed by atoms with Gasteiger partial charge in [-0.1, -0.05) is 18.2 Å². The van der Waals surface area contributed by atoms with Crippen LogP contribution in [-0.2, 0) is 0 Å². The molecule has 1 heterocycles. The fourth-order valence-electron chi connectivity index (χ4n) is 2.35. The predicted molar refractivity (Wildman–Crippen MR) is 78.7 cm³/mol. The van der Waals surface area contributed by atoms with Gasteiger partial charge in [0.1, 0.15) is 12.4 Å². The molecule has 1 aliphatic heterocycles. The lowest BCUT2D eigenvalue weighted by atomic mass is 10.2. The number of piperazine rings is 1. The summed E-state index contributed by atoms with van der Waals surface area (Å²) >= 11 is 0. The molecule has 1 N–H and O–H groups in total. The van der Waals surface area contributed by atoms with Gasteiger partial charge in [0.05, 0.1) is 0 Å². The fraction of sp³-hybridized carbons (Fsp3) is 0.600. The monoisotopic (exact) mass is 263 g/mol. The molecule has 1 aromatic rings. The van der Waals surface area contributed by atoms with Crippen LogP contribution in [0.25, 0.3) is 0 Å². The van der Waals surface area contributed by atoms with E-state index in [4.69, 9.17) is 4.74 Å². The summed E-state index contributed by atoms with van der Waals surface area (Å²) in [4.78, 5) is 4.83. The van der Waals surface area contributed by atoms with Crippen LogP contribution in [0.4, 0.5) is 0 Å². The summed E-state index contributed by atoms with van der Waals surface area (Å²) in [6.07, 6.45) is 0. The average Bonchev–Trinajstić information content (AvgIpc) is 2.43. The van der Waals surface area contributed by atoms with Crippen molar-refractivity contribution in [2.75, 3.05) is 53.4 Å². The number of benzene rings is 1. The zero-order valence-corrected chi connectivity index (χ0v) is 12.0. The Morgan fingerprint density at radius 2 is 2.00 bits per heavy atom. The van der Waals surface area contributed by atoms with E-state index in [2.05, 4.69) is 29.2 Å². The number of hydrogen-bond donors (Lipinski definition) is 1. The predicted octanol–water partition coefficient (Wildman–Crippen LogP) is 0.901. The molecule has 1 saturated heterocycles. The second-order valence-electron chi connectivity index (χ2n) is 5.26. The Morgan fingerprint density at radius 3 is 2.79 bits per heavy atom. The smallest absolute Gasteiger partial charge is 0.119 e. The van der Waals surface area contributed by atoms with Crippen LogP contribution in [0.1, 0.15) is 0 Å². The SMILES string of the molecule is CN1CCN(C)C(CNCCOc2ccccc2)C1. The zero-order chi connectivity index (χ0) is 13.5. The molecule has 0 saturated carbocycles. The van der Waals surface area contributed by atoms with Crippen LogP contribution in [-0.4, -0.2) is 69.3 Å². The molecule has 4 nitrogen and oxygen atoms in total. The zero-order valence-electron chi connectivity index (χ0n) is 12.0. The van der Waals surface area contributed by atoms with Crippen LogP contribution in [0, 0.1) is 0 Å². The molecule has 2 rings (SSSR count). The highest BCUT2D eigenvalue weighted by Gasteiger charge is 2.21. The van der Waals surface area contributed by atoms with Crippen molar-refractivity contribution in [2.45, 2.75) is 6.04 Å². The summed E-state index contributed by atoms with van der Waals surface area (Å²) in [5.41, 5.74) is 0. The topological polar surface area (TPSA) is 27.7 Å². The third-order valence-electron chi connectivity index (χ3n) is 3.65. The Hall–Kier alpha value is -1.10. The van der Waals surface area contributed by atoms with Crippen molar-refractivity contribution in [3.05, 3.63) is 30.3 Å². The summed E-state index contributed by atoms with van der Waals surface area (Å²) < 4.78 is 5.66. The second kappa shape index (κ2) is 7.48. The number of para-hydroxylation sites is 1. The molecule has 19 heavy (non-hydrogen) atoms. The van der Waals surface area contributed by atoms with Crippen LogP contribution < -0.4 is 10.1 Å². The van der Waals surface area contributed by atoms with Crippen LogP contribution in [0.2, 0.25) is 0 Å². The Bertz CT molecular complexity index is 358. The highest BCUT2D eigenvalue weighted by molar-refractivity contribution is 5.20. The van der Waals surface area contributed by atoms with E-state index < -0.39 is 0 Å². The molecule has 0 bridgehead atoms. The third-order valence-corrected chi connectivity index (χ3v) is 3.65. The molecule has 1 aliphatic rings. The maximum Gasteiger partial charge on any atom is 0.119 e. The van der Waals surface area contributed by atoms with Crippen molar-refractivity contribution >= 4 is 0 Å². The number of nitrogens with zero attached hydrogens (tertiary/aromatic N) is 2. The second-order valence-corrected chi connectivity index (χ2v) is 5.26. The van der Waals surface area contributed by atoms with Gasteiger partial charge in [0.15, 0.2) is 0 Å². The summed E-state index contributed by atoms with van der Waals surface area (Å²) in [5.74, 6) is 0.943. The van der Waals surface area contributed by atoms with Gasteiger partial charge in [-0.25, -0.2) is 0 Å². The average molecular weight is 263 g/mol. The Labute approximate surface area is 116 Å². The van der Waals surface area contributed by atoms with E-state index in [1.54, 1.807) is 0 Å². The summed E-state index contributed by atoms with van der Waals surface area (Å²) in [5, 5.41) is 3.48. The van der Waals surface area contributed by atoms with E-state index in [9.17, 15) is 0 Å². The minimum atomic E-state index is 0.607. The van der Waals surface area contributed by atoms with Crippen molar-refractivity contribution in [3.63, 3.8) is 0 Å². The number of likely N-dealkylation sites (N-methyl/N-ethyl adjacent to an activating group) is 2. The highest BCUT2D eigenvalue weighted by Crippen LogP contribution is 2.07. The van der Waals surface area contributed by atoms with Crippen LogP contribution >= 0.6 is 0 Å². The molecule has 0 amide bonds. The Kier molecular flexibility index (Phi) is 5.63. The Morgan fingerprint density at radius 1 is 1.21 bits per heavy atom. The van der Waals surface area contributed by atoms with Crippen LogP contribution in [0.3, 0.4) is 0 Å². The highest BCUT2D eigenvalue weighted by atomic mass is 16.5. The molecule has 0 spiro atoms. The van der Waals surface area contributed by atoms with Crippen molar-refractivity contribution in [1.82, 2.24) is 15.1 Å². The molecule has 106 valence electrons. The van der Waals surface area contributed by atoms with E-state index in [0.717, 1.165) is 38.5 Å². The lowest BCUT2D eigenvalue weighted by Crippen LogP contribution is -2.54. The molecule has 0 aromatic heterocycles. The molecule has 0 aliphatic carbocycles. The fourth-order valence-corrected chi connectivity index (χ4v) is 2.35. The summed E-state index contributed by atoms with van der Waals surface area (Å²) in [6.45, 7) is 6.11. The molecule has 1 unspecified atom stereocenters. The van der Waals surface area contributed by atoms with Gasteiger partial charge in [-0.2, -0.15) is 0 Å². The lowest BCUT2D eigenvalue weighted by molar-refractivity contribution is 0.113.